The Morgan fingerprint density at radius 1 is 1.30 bits per heavy atom. The van der Waals surface area contributed by atoms with Gasteiger partial charge in [0.15, 0.2) is 0 Å². The largest absolute Gasteiger partial charge is 0.394 e. The van der Waals surface area contributed by atoms with Crippen molar-refractivity contribution in [3.63, 3.8) is 0 Å². The van der Waals surface area contributed by atoms with E-state index in [9.17, 15) is 5.11 Å². The van der Waals surface area contributed by atoms with Gasteiger partial charge >= 0.3 is 0 Å². The van der Waals surface area contributed by atoms with Gasteiger partial charge in [0.1, 0.15) is 0 Å². The van der Waals surface area contributed by atoms with Crippen LogP contribution < -0.4 is 5.32 Å². The first-order valence-corrected chi connectivity index (χ1v) is 8.39. The molecule has 0 aliphatic heterocycles. The number of nitrogens with one attached hydrogen (secondary N) is 1. The van der Waals surface area contributed by atoms with E-state index in [2.05, 4.69) is 26.1 Å². The molecule has 0 radical (unpaired) electrons. The molecule has 0 fully saturated rings. The Balaban J connectivity index is 2.70. The first-order chi connectivity index (χ1) is 9.25. The third-order valence-corrected chi connectivity index (χ3v) is 4.78. The molecule has 1 rings (SSSR count). The second-order valence-corrected chi connectivity index (χ2v) is 8.05. The van der Waals surface area contributed by atoms with E-state index in [-0.39, 0.29) is 12.1 Å². The summed E-state index contributed by atoms with van der Waals surface area (Å²) in [7, 11) is 0. The Hall–Kier alpha value is 0.0700. The Labute approximate surface area is 136 Å². The first kappa shape index (κ1) is 18.1. The van der Waals surface area contributed by atoms with E-state index in [1.807, 2.05) is 19.1 Å². The Morgan fingerprint density at radius 2 is 1.95 bits per heavy atom. The maximum atomic E-state index is 9.63. The van der Waals surface area contributed by atoms with E-state index in [4.69, 9.17) is 23.2 Å². The summed E-state index contributed by atoms with van der Waals surface area (Å²) in [6, 6.07) is 5.82. The van der Waals surface area contributed by atoms with Crippen molar-refractivity contribution >= 4 is 35.0 Å². The van der Waals surface area contributed by atoms with Crippen molar-refractivity contribution in [3.05, 3.63) is 28.2 Å². The molecule has 2 N–H and O–H groups in total. The number of rotatable bonds is 7. The summed E-state index contributed by atoms with van der Waals surface area (Å²) in [6.45, 7) is 8.46. The van der Waals surface area contributed by atoms with Gasteiger partial charge < -0.3 is 10.4 Å². The van der Waals surface area contributed by atoms with Gasteiger partial charge in [0.2, 0.25) is 0 Å². The van der Waals surface area contributed by atoms with Crippen LogP contribution in [0, 0.1) is 0 Å². The minimum atomic E-state index is -0.286. The van der Waals surface area contributed by atoms with E-state index in [0.717, 1.165) is 11.3 Å². The molecule has 2 unspecified atom stereocenters. The number of hydrogen-bond acceptors (Lipinski definition) is 3. The van der Waals surface area contributed by atoms with Gasteiger partial charge in [-0.15, -0.1) is 11.8 Å². The molecule has 0 aliphatic carbocycles. The highest BCUT2D eigenvalue weighted by Crippen LogP contribution is 2.35. The number of aliphatic hydroxyl groups excluding tert-OH is 1. The second-order valence-electron chi connectivity index (χ2n) is 5.73. The highest BCUT2D eigenvalue weighted by Gasteiger charge is 2.27. The molecular weight excluding hydrogens is 313 g/mol. The van der Waals surface area contributed by atoms with Crippen LogP contribution in [0.4, 0.5) is 0 Å². The number of halogens is 2. The Kier molecular flexibility index (Phi) is 7.16. The lowest BCUT2D eigenvalue weighted by molar-refractivity contribution is 0.157. The molecule has 0 aromatic heterocycles. The van der Waals surface area contributed by atoms with Gasteiger partial charge in [0.05, 0.1) is 11.6 Å². The molecule has 1 aromatic carbocycles. The third-order valence-electron chi connectivity index (χ3n) is 2.95. The molecule has 1 aromatic rings. The summed E-state index contributed by atoms with van der Waals surface area (Å²) in [5.74, 6) is 0. The minimum absolute atomic E-state index is 0.110. The molecule has 114 valence electrons. The fraction of sp³-hybridized carbons (Fsp3) is 0.600. The lowest BCUT2D eigenvalue weighted by Gasteiger charge is -2.33. The van der Waals surface area contributed by atoms with E-state index >= 15 is 0 Å². The van der Waals surface area contributed by atoms with Crippen molar-refractivity contribution in [1.82, 2.24) is 5.32 Å². The summed E-state index contributed by atoms with van der Waals surface area (Å²) in [5, 5.41) is 14.8. The van der Waals surface area contributed by atoms with Crippen molar-refractivity contribution in [1.29, 1.82) is 0 Å². The average molecular weight is 336 g/mol. The zero-order valence-corrected chi connectivity index (χ0v) is 14.7. The summed E-state index contributed by atoms with van der Waals surface area (Å²) >= 11 is 13.9. The lowest BCUT2D eigenvalue weighted by Crippen LogP contribution is -2.50. The molecule has 0 saturated heterocycles. The summed E-state index contributed by atoms with van der Waals surface area (Å²) < 4.78 is 0. The highest BCUT2D eigenvalue weighted by molar-refractivity contribution is 8.00. The van der Waals surface area contributed by atoms with Gasteiger partial charge in [0.25, 0.3) is 0 Å². The summed E-state index contributed by atoms with van der Waals surface area (Å²) in [5.41, 5.74) is -0.286. The summed E-state index contributed by atoms with van der Waals surface area (Å²) in [6.07, 6.45) is 0.842. The maximum absolute atomic E-state index is 9.63. The summed E-state index contributed by atoms with van der Waals surface area (Å²) in [4.78, 5) is 0.983. The van der Waals surface area contributed by atoms with Crippen LogP contribution in [0.1, 0.15) is 34.1 Å². The van der Waals surface area contributed by atoms with Crippen LogP contribution in [0.3, 0.4) is 0 Å². The smallest absolute Gasteiger partial charge is 0.0611 e. The van der Waals surface area contributed by atoms with Crippen LogP contribution in [0.15, 0.2) is 23.1 Å². The predicted octanol–water partition coefficient (Wildman–Crippen LogP) is 4.61. The molecule has 2 atom stereocenters. The number of hydrogen-bond donors (Lipinski definition) is 2. The fourth-order valence-corrected chi connectivity index (χ4v) is 4.07. The molecule has 0 heterocycles. The molecule has 5 heteroatoms. The van der Waals surface area contributed by atoms with Gasteiger partial charge in [-0.3, -0.25) is 0 Å². The van der Waals surface area contributed by atoms with Crippen LogP contribution in [0.5, 0.6) is 0 Å². The zero-order chi connectivity index (χ0) is 15.3. The van der Waals surface area contributed by atoms with Gasteiger partial charge in [-0.25, -0.2) is 0 Å². The van der Waals surface area contributed by atoms with E-state index in [1.165, 1.54) is 0 Å². The second kappa shape index (κ2) is 7.90. The monoisotopic (exact) mass is 335 g/mol. The standard InChI is InChI=1S/C15H23Cl2NOS/c1-10(2)18-15(4,9-19)8-11(3)20-14-7-12(16)5-6-13(14)17/h5-7,10-11,18-19H,8-9H2,1-4H3. The van der Waals surface area contributed by atoms with Crippen molar-refractivity contribution in [3.8, 4) is 0 Å². The van der Waals surface area contributed by atoms with Crippen LogP contribution >= 0.6 is 35.0 Å². The van der Waals surface area contributed by atoms with Crippen molar-refractivity contribution in [2.45, 2.75) is 55.8 Å². The molecule has 20 heavy (non-hydrogen) atoms. The number of thioether (sulfide) groups is 1. The maximum Gasteiger partial charge on any atom is 0.0611 e. The van der Waals surface area contributed by atoms with Crippen LogP contribution in [-0.2, 0) is 0 Å². The van der Waals surface area contributed by atoms with Crippen LogP contribution in [0.2, 0.25) is 10.0 Å². The molecule has 0 bridgehead atoms. The van der Waals surface area contributed by atoms with Gasteiger partial charge in [-0.1, -0.05) is 44.0 Å². The third kappa shape index (κ3) is 5.82. The predicted molar refractivity (Wildman–Crippen MR) is 90.2 cm³/mol. The van der Waals surface area contributed by atoms with E-state index in [0.29, 0.717) is 21.3 Å². The quantitative estimate of drug-likeness (QED) is 0.713. The van der Waals surface area contributed by atoms with Crippen molar-refractivity contribution in [2.24, 2.45) is 0 Å². The number of benzene rings is 1. The van der Waals surface area contributed by atoms with Crippen LogP contribution in [-0.4, -0.2) is 28.5 Å². The molecule has 0 amide bonds. The Morgan fingerprint density at radius 3 is 2.50 bits per heavy atom. The Bertz CT molecular complexity index is 442. The molecule has 0 spiro atoms. The zero-order valence-electron chi connectivity index (χ0n) is 12.4. The molecular formula is C15H23Cl2NOS. The normalized spacial score (nSPS) is 16.2. The fourth-order valence-electron chi connectivity index (χ4n) is 2.33. The number of aliphatic hydroxyl groups is 1. The van der Waals surface area contributed by atoms with Crippen LogP contribution in [0.25, 0.3) is 0 Å². The van der Waals surface area contributed by atoms with E-state index in [1.54, 1.807) is 17.8 Å². The molecule has 0 saturated carbocycles. The van der Waals surface area contributed by atoms with Gasteiger partial charge in [-0.2, -0.15) is 0 Å². The lowest BCUT2D eigenvalue weighted by atomic mass is 9.96. The van der Waals surface area contributed by atoms with E-state index < -0.39 is 0 Å². The SMILES string of the molecule is CC(C)NC(C)(CO)CC(C)Sc1cc(Cl)ccc1Cl. The molecule has 2 nitrogen and oxygen atoms in total. The minimum Gasteiger partial charge on any atom is -0.394 e. The molecule has 0 aliphatic rings. The average Bonchev–Trinajstić information content (AvgIpc) is 2.32. The van der Waals surface area contributed by atoms with Gasteiger partial charge in [-0.05, 0) is 31.5 Å². The van der Waals surface area contributed by atoms with Crippen molar-refractivity contribution < 1.29 is 5.11 Å². The van der Waals surface area contributed by atoms with Crippen molar-refractivity contribution in [2.75, 3.05) is 6.61 Å². The highest BCUT2D eigenvalue weighted by atomic mass is 35.5. The topological polar surface area (TPSA) is 32.3 Å². The first-order valence-electron chi connectivity index (χ1n) is 6.76. The van der Waals surface area contributed by atoms with Gasteiger partial charge in [0, 0.05) is 26.7 Å².